The van der Waals surface area contributed by atoms with E-state index in [4.69, 9.17) is 0 Å². The Kier molecular flexibility index (Phi) is 2.48. The first-order valence-electron chi connectivity index (χ1n) is 3.94. The standard InChI is InChI=1S/C10H8N2S/c1-2-4-9(5-3-1)8-12-10-11-6-7-13-10/h1-8H. The second kappa shape index (κ2) is 3.96. The van der Waals surface area contributed by atoms with Gasteiger partial charge in [0.15, 0.2) is 0 Å². The van der Waals surface area contributed by atoms with E-state index < -0.39 is 0 Å². The first kappa shape index (κ1) is 8.13. The molecule has 2 nitrogen and oxygen atoms in total. The van der Waals surface area contributed by atoms with Crippen LogP contribution >= 0.6 is 11.3 Å². The van der Waals surface area contributed by atoms with Crippen LogP contribution in [0.4, 0.5) is 5.13 Å². The average Bonchev–Trinajstić information content (AvgIpc) is 2.69. The number of thiazole rings is 1. The summed E-state index contributed by atoms with van der Waals surface area (Å²) in [4.78, 5) is 8.27. The second-order valence-electron chi connectivity index (χ2n) is 2.48. The lowest BCUT2D eigenvalue weighted by Crippen LogP contribution is -1.76. The fraction of sp³-hybridized carbons (Fsp3) is 0. The molecule has 2 aromatic rings. The number of rotatable bonds is 2. The minimum atomic E-state index is 0.795. The third kappa shape index (κ3) is 2.23. The van der Waals surface area contributed by atoms with Crippen LogP contribution in [0.3, 0.4) is 0 Å². The van der Waals surface area contributed by atoms with Crippen molar-refractivity contribution in [1.82, 2.24) is 4.98 Å². The topological polar surface area (TPSA) is 25.2 Å². The van der Waals surface area contributed by atoms with Gasteiger partial charge in [-0.15, -0.1) is 11.3 Å². The molecule has 1 aromatic heterocycles. The summed E-state index contributed by atoms with van der Waals surface area (Å²) in [5.41, 5.74) is 1.10. The number of nitrogens with zero attached hydrogens (tertiary/aromatic N) is 2. The van der Waals surface area contributed by atoms with Crippen molar-refractivity contribution in [2.45, 2.75) is 0 Å². The van der Waals surface area contributed by atoms with E-state index in [2.05, 4.69) is 9.98 Å². The highest BCUT2D eigenvalue weighted by atomic mass is 32.1. The lowest BCUT2D eigenvalue weighted by molar-refractivity contribution is 1.36. The van der Waals surface area contributed by atoms with E-state index in [0.717, 1.165) is 10.7 Å². The second-order valence-corrected chi connectivity index (χ2v) is 3.36. The average molecular weight is 188 g/mol. The Labute approximate surface area is 80.6 Å². The minimum Gasteiger partial charge on any atom is -0.227 e. The molecule has 0 aliphatic heterocycles. The van der Waals surface area contributed by atoms with Crippen LogP contribution in [0.1, 0.15) is 5.56 Å². The molecule has 0 bridgehead atoms. The summed E-state index contributed by atoms with van der Waals surface area (Å²) in [6.07, 6.45) is 3.57. The van der Waals surface area contributed by atoms with E-state index in [0.29, 0.717) is 0 Å². The lowest BCUT2D eigenvalue weighted by atomic mass is 10.2. The van der Waals surface area contributed by atoms with Crippen molar-refractivity contribution in [3.63, 3.8) is 0 Å². The zero-order valence-corrected chi connectivity index (χ0v) is 7.74. The molecule has 64 valence electrons. The highest BCUT2D eigenvalue weighted by molar-refractivity contribution is 7.13. The highest BCUT2D eigenvalue weighted by Crippen LogP contribution is 2.14. The van der Waals surface area contributed by atoms with E-state index in [9.17, 15) is 0 Å². The Morgan fingerprint density at radius 3 is 2.77 bits per heavy atom. The van der Waals surface area contributed by atoms with Gasteiger partial charge in [0, 0.05) is 17.8 Å². The summed E-state index contributed by atoms with van der Waals surface area (Å²) in [6, 6.07) is 9.99. The number of hydrogen-bond donors (Lipinski definition) is 0. The normalized spacial score (nSPS) is 10.8. The molecular formula is C10H8N2S. The highest BCUT2D eigenvalue weighted by Gasteiger charge is 1.88. The van der Waals surface area contributed by atoms with Gasteiger partial charge in [-0.25, -0.2) is 9.98 Å². The van der Waals surface area contributed by atoms with Gasteiger partial charge in [-0.3, -0.25) is 0 Å². The van der Waals surface area contributed by atoms with Crippen LogP contribution in [0.25, 0.3) is 0 Å². The Morgan fingerprint density at radius 1 is 1.23 bits per heavy atom. The Morgan fingerprint density at radius 2 is 2.08 bits per heavy atom. The molecule has 0 saturated heterocycles. The van der Waals surface area contributed by atoms with Crippen molar-refractivity contribution in [3.05, 3.63) is 47.5 Å². The molecule has 3 heteroatoms. The van der Waals surface area contributed by atoms with E-state index in [1.165, 1.54) is 11.3 Å². The summed E-state index contributed by atoms with van der Waals surface area (Å²) < 4.78 is 0. The van der Waals surface area contributed by atoms with Crippen molar-refractivity contribution < 1.29 is 0 Å². The maximum Gasteiger partial charge on any atom is 0.208 e. The van der Waals surface area contributed by atoms with Gasteiger partial charge in [0.2, 0.25) is 5.13 Å². The Bertz CT molecular complexity index is 379. The monoisotopic (exact) mass is 188 g/mol. The maximum atomic E-state index is 4.22. The van der Waals surface area contributed by atoms with Crippen LogP contribution in [0, 0.1) is 0 Å². The molecule has 1 aromatic carbocycles. The smallest absolute Gasteiger partial charge is 0.208 e. The molecule has 1 heterocycles. The van der Waals surface area contributed by atoms with E-state index in [-0.39, 0.29) is 0 Å². The zero-order valence-electron chi connectivity index (χ0n) is 6.92. The molecule has 0 N–H and O–H groups in total. The van der Waals surface area contributed by atoms with Crippen molar-refractivity contribution in [2.24, 2.45) is 4.99 Å². The first-order valence-corrected chi connectivity index (χ1v) is 4.82. The molecule has 0 aliphatic carbocycles. The van der Waals surface area contributed by atoms with Gasteiger partial charge in [-0.2, -0.15) is 0 Å². The third-order valence-corrected chi connectivity index (χ3v) is 2.22. The molecule has 0 atom stereocenters. The largest absolute Gasteiger partial charge is 0.227 e. The predicted octanol–water partition coefficient (Wildman–Crippen LogP) is 2.89. The van der Waals surface area contributed by atoms with E-state index in [1.807, 2.05) is 41.9 Å². The van der Waals surface area contributed by atoms with Gasteiger partial charge >= 0.3 is 0 Å². The van der Waals surface area contributed by atoms with Gasteiger partial charge in [0.25, 0.3) is 0 Å². The van der Waals surface area contributed by atoms with Crippen LogP contribution < -0.4 is 0 Å². The molecule has 13 heavy (non-hydrogen) atoms. The Balaban J connectivity index is 2.15. The molecule has 0 unspecified atom stereocenters. The molecule has 0 fully saturated rings. The van der Waals surface area contributed by atoms with Crippen molar-refractivity contribution in [1.29, 1.82) is 0 Å². The fourth-order valence-electron chi connectivity index (χ4n) is 0.949. The van der Waals surface area contributed by atoms with E-state index >= 15 is 0 Å². The number of benzene rings is 1. The molecule has 0 saturated carbocycles. The maximum absolute atomic E-state index is 4.22. The van der Waals surface area contributed by atoms with E-state index in [1.54, 1.807) is 6.20 Å². The SMILES string of the molecule is C(=Nc1nccs1)c1ccccc1. The van der Waals surface area contributed by atoms with Gasteiger partial charge in [-0.1, -0.05) is 30.3 Å². The summed E-state index contributed by atoms with van der Waals surface area (Å²) in [5.74, 6) is 0. The Hall–Kier alpha value is -1.48. The van der Waals surface area contributed by atoms with Crippen LogP contribution in [0.2, 0.25) is 0 Å². The summed E-state index contributed by atoms with van der Waals surface area (Å²) >= 11 is 1.53. The molecule has 0 spiro atoms. The van der Waals surface area contributed by atoms with Crippen molar-refractivity contribution in [3.8, 4) is 0 Å². The predicted molar refractivity (Wildman–Crippen MR) is 55.8 cm³/mol. The summed E-state index contributed by atoms with van der Waals surface area (Å²) in [5, 5.41) is 2.71. The third-order valence-electron chi connectivity index (χ3n) is 1.54. The minimum absolute atomic E-state index is 0.795. The van der Waals surface area contributed by atoms with Crippen LogP contribution in [0.5, 0.6) is 0 Å². The molecule has 0 aliphatic rings. The molecule has 2 rings (SSSR count). The quantitative estimate of drug-likeness (QED) is 0.665. The van der Waals surface area contributed by atoms with Crippen molar-refractivity contribution >= 4 is 22.7 Å². The van der Waals surface area contributed by atoms with Crippen molar-refractivity contribution in [2.75, 3.05) is 0 Å². The van der Waals surface area contributed by atoms with Gasteiger partial charge < -0.3 is 0 Å². The fourth-order valence-corrected chi connectivity index (χ4v) is 1.43. The zero-order chi connectivity index (χ0) is 8.93. The summed E-state index contributed by atoms with van der Waals surface area (Å²) in [6.45, 7) is 0. The van der Waals surface area contributed by atoms with Crippen LogP contribution in [-0.2, 0) is 0 Å². The molecule has 0 amide bonds. The lowest BCUT2D eigenvalue weighted by Gasteiger charge is -1.88. The van der Waals surface area contributed by atoms with Gasteiger partial charge in [0.05, 0.1) is 0 Å². The van der Waals surface area contributed by atoms with Crippen LogP contribution in [-0.4, -0.2) is 11.2 Å². The van der Waals surface area contributed by atoms with Crippen LogP contribution in [0.15, 0.2) is 46.9 Å². The number of aromatic nitrogens is 1. The van der Waals surface area contributed by atoms with Gasteiger partial charge in [-0.05, 0) is 5.56 Å². The number of aliphatic imine (C=N–C) groups is 1. The molecule has 0 radical (unpaired) electrons. The number of hydrogen-bond acceptors (Lipinski definition) is 3. The molecular weight excluding hydrogens is 180 g/mol. The summed E-state index contributed by atoms with van der Waals surface area (Å²) in [7, 11) is 0. The van der Waals surface area contributed by atoms with Gasteiger partial charge in [0.1, 0.15) is 0 Å². The first-order chi connectivity index (χ1) is 6.45.